The fourth-order valence-electron chi connectivity index (χ4n) is 3.13. The van der Waals surface area contributed by atoms with E-state index in [1.54, 1.807) is 6.07 Å². The first-order valence-electron chi connectivity index (χ1n) is 12.8. The second-order valence-corrected chi connectivity index (χ2v) is 9.61. The van der Waals surface area contributed by atoms with Crippen molar-refractivity contribution in [3.63, 3.8) is 0 Å². The van der Waals surface area contributed by atoms with E-state index in [4.69, 9.17) is 50.0 Å². The Morgan fingerprint density at radius 3 is 1.63 bits per heavy atom. The van der Waals surface area contributed by atoms with Crippen LogP contribution in [0.5, 0.6) is 11.5 Å². The first-order chi connectivity index (χ1) is 19.9. The maximum atomic E-state index is 11.5. The number of amides is 1. The molecule has 0 aliphatic carbocycles. The van der Waals surface area contributed by atoms with Crippen LogP contribution in [0.3, 0.4) is 0 Å². The number of hydrogen-bond donors (Lipinski definition) is 2. The molecule has 4 aromatic rings. The zero-order chi connectivity index (χ0) is 29.7. The first-order valence-corrected chi connectivity index (χ1v) is 14.2. The SMILES string of the molecule is Nc1cccc(OCc2ccccc2)c1.O=C(CCCl)Nc1cccc(OCc2ccccc2)c1.O=C(Cl)CCCl. The van der Waals surface area contributed by atoms with Gasteiger partial charge in [-0.05, 0) is 47.0 Å². The number of nitrogen functional groups attached to an aromatic ring is 1. The van der Waals surface area contributed by atoms with Crippen LogP contribution >= 0.6 is 34.8 Å². The number of ether oxygens (including phenoxy) is 2. The summed E-state index contributed by atoms with van der Waals surface area (Å²) in [5.74, 6) is 2.06. The highest BCUT2D eigenvalue weighted by Gasteiger charge is 2.03. The molecule has 216 valence electrons. The van der Waals surface area contributed by atoms with E-state index >= 15 is 0 Å². The van der Waals surface area contributed by atoms with Gasteiger partial charge in [0.1, 0.15) is 24.7 Å². The van der Waals surface area contributed by atoms with Crippen molar-refractivity contribution in [2.75, 3.05) is 22.8 Å². The molecule has 4 rings (SSSR count). The molecule has 0 aliphatic rings. The number of rotatable bonds is 11. The van der Waals surface area contributed by atoms with Crippen LogP contribution in [-0.4, -0.2) is 22.9 Å². The van der Waals surface area contributed by atoms with E-state index in [1.165, 1.54) is 0 Å². The molecule has 0 aliphatic heterocycles. The van der Waals surface area contributed by atoms with Crippen molar-refractivity contribution in [3.05, 3.63) is 120 Å². The third-order valence-corrected chi connectivity index (χ3v) is 5.65. The van der Waals surface area contributed by atoms with Crippen molar-refractivity contribution < 1.29 is 19.1 Å². The van der Waals surface area contributed by atoms with Crippen LogP contribution in [0.4, 0.5) is 11.4 Å². The fraction of sp³-hybridized carbons (Fsp3) is 0.188. The third-order valence-electron chi connectivity index (χ3n) is 5.09. The molecule has 0 saturated heterocycles. The van der Waals surface area contributed by atoms with E-state index in [9.17, 15) is 9.59 Å². The molecule has 4 aromatic carbocycles. The van der Waals surface area contributed by atoms with Gasteiger partial charge < -0.3 is 20.5 Å². The summed E-state index contributed by atoms with van der Waals surface area (Å²) in [4.78, 5) is 21.2. The molecular formula is C32H33Cl3N2O4. The van der Waals surface area contributed by atoms with Crippen molar-refractivity contribution in [1.29, 1.82) is 0 Å². The number of carbonyl (C=O) groups is 2. The van der Waals surface area contributed by atoms with Crippen LogP contribution in [0.2, 0.25) is 0 Å². The molecule has 0 heterocycles. The monoisotopic (exact) mass is 614 g/mol. The fourth-order valence-corrected chi connectivity index (χ4v) is 3.67. The Kier molecular flexibility index (Phi) is 16.5. The van der Waals surface area contributed by atoms with Gasteiger partial charge in [0.15, 0.2) is 0 Å². The van der Waals surface area contributed by atoms with E-state index < -0.39 is 0 Å². The summed E-state index contributed by atoms with van der Waals surface area (Å²) in [7, 11) is 0. The lowest BCUT2D eigenvalue weighted by Gasteiger charge is -2.09. The third kappa shape index (κ3) is 15.6. The van der Waals surface area contributed by atoms with Crippen LogP contribution in [0.25, 0.3) is 0 Å². The molecule has 0 aromatic heterocycles. The number of carbonyl (C=O) groups excluding carboxylic acids is 2. The van der Waals surface area contributed by atoms with Crippen molar-refractivity contribution in [2.24, 2.45) is 0 Å². The van der Waals surface area contributed by atoms with Gasteiger partial charge >= 0.3 is 0 Å². The van der Waals surface area contributed by atoms with Crippen LogP contribution < -0.4 is 20.5 Å². The molecule has 0 fully saturated rings. The van der Waals surface area contributed by atoms with Crippen LogP contribution in [0.1, 0.15) is 24.0 Å². The summed E-state index contributed by atoms with van der Waals surface area (Å²) in [5, 5.41) is 2.41. The van der Waals surface area contributed by atoms with Crippen LogP contribution in [0, 0.1) is 0 Å². The Bertz CT molecular complexity index is 1310. The standard InChI is InChI=1S/C16H16ClNO2.C13H13NO.C3H4Cl2O/c17-10-9-16(19)18-14-7-4-8-15(11-14)20-12-13-5-2-1-3-6-13;14-12-7-4-8-13(9-12)15-10-11-5-2-1-3-6-11;4-2-1-3(5)6/h1-8,11H,9-10,12H2,(H,18,19);1-9H,10,14H2;1-2H2. The molecule has 41 heavy (non-hydrogen) atoms. The number of benzene rings is 4. The van der Waals surface area contributed by atoms with Gasteiger partial charge in [-0.1, -0.05) is 72.8 Å². The number of anilines is 2. The van der Waals surface area contributed by atoms with Gasteiger partial charge in [-0.3, -0.25) is 9.59 Å². The minimum atomic E-state index is -0.370. The Balaban J connectivity index is 0.000000246. The Hall–Kier alpha value is -3.71. The van der Waals surface area contributed by atoms with E-state index in [-0.39, 0.29) is 17.6 Å². The summed E-state index contributed by atoms with van der Waals surface area (Å²) >= 11 is 15.5. The van der Waals surface area contributed by atoms with Gasteiger partial charge in [-0.25, -0.2) is 0 Å². The highest BCUT2D eigenvalue weighted by molar-refractivity contribution is 6.63. The predicted molar refractivity (Wildman–Crippen MR) is 169 cm³/mol. The zero-order valence-electron chi connectivity index (χ0n) is 22.5. The minimum absolute atomic E-state index is 0.0970. The highest BCUT2D eigenvalue weighted by Crippen LogP contribution is 2.19. The average molecular weight is 616 g/mol. The Morgan fingerprint density at radius 1 is 0.659 bits per heavy atom. The Labute approximate surface area is 256 Å². The highest BCUT2D eigenvalue weighted by atomic mass is 35.5. The molecule has 6 nitrogen and oxygen atoms in total. The lowest BCUT2D eigenvalue weighted by atomic mass is 10.2. The maximum Gasteiger partial charge on any atom is 0.225 e. The summed E-state index contributed by atoms with van der Waals surface area (Å²) in [6, 6.07) is 34.8. The zero-order valence-corrected chi connectivity index (χ0v) is 24.7. The van der Waals surface area contributed by atoms with Crippen LogP contribution in [-0.2, 0) is 22.8 Å². The molecule has 0 spiro atoms. The van der Waals surface area contributed by atoms with Gasteiger partial charge in [0, 0.05) is 48.1 Å². The van der Waals surface area contributed by atoms with Gasteiger partial charge in [-0.2, -0.15) is 0 Å². The molecule has 0 atom stereocenters. The first kappa shape index (κ1) is 33.5. The van der Waals surface area contributed by atoms with Gasteiger partial charge in [-0.15, -0.1) is 23.2 Å². The van der Waals surface area contributed by atoms with Crippen molar-refractivity contribution >= 4 is 57.3 Å². The summed E-state index contributed by atoms with van der Waals surface area (Å²) in [6.45, 7) is 1.07. The molecular weight excluding hydrogens is 583 g/mol. The van der Waals surface area contributed by atoms with E-state index in [2.05, 4.69) is 5.32 Å². The second-order valence-electron chi connectivity index (χ2n) is 8.43. The largest absolute Gasteiger partial charge is 0.489 e. The van der Waals surface area contributed by atoms with E-state index in [0.29, 0.717) is 37.1 Å². The normalized spacial score (nSPS) is 9.73. The van der Waals surface area contributed by atoms with E-state index in [1.807, 2.05) is 103 Å². The average Bonchev–Trinajstić information content (AvgIpc) is 2.97. The van der Waals surface area contributed by atoms with Crippen molar-refractivity contribution in [3.8, 4) is 11.5 Å². The number of alkyl halides is 2. The van der Waals surface area contributed by atoms with Crippen molar-refractivity contribution in [1.82, 2.24) is 0 Å². The molecule has 0 radical (unpaired) electrons. The maximum absolute atomic E-state index is 11.5. The molecule has 0 unspecified atom stereocenters. The van der Waals surface area contributed by atoms with Gasteiger partial charge in [0.2, 0.25) is 11.1 Å². The molecule has 3 N–H and O–H groups in total. The van der Waals surface area contributed by atoms with Gasteiger partial charge in [0.25, 0.3) is 0 Å². The number of nitrogens with two attached hydrogens (primary N) is 1. The summed E-state index contributed by atoms with van der Waals surface area (Å²) < 4.78 is 11.3. The molecule has 1 amide bonds. The second kappa shape index (κ2) is 20.2. The Morgan fingerprint density at radius 2 is 1.17 bits per heavy atom. The number of nitrogens with one attached hydrogen (secondary N) is 1. The van der Waals surface area contributed by atoms with E-state index in [0.717, 1.165) is 28.3 Å². The smallest absolute Gasteiger partial charge is 0.225 e. The lowest BCUT2D eigenvalue weighted by Crippen LogP contribution is -2.11. The van der Waals surface area contributed by atoms with Crippen molar-refractivity contribution in [2.45, 2.75) is 26.1 Å². The summed E-state index contributed by atoms with van der Waals surface area (Å²) in [6.07, 6.45) is 0.569. The number of halogens is 3. The molecule has 0 saturated carbocycles. The van der Waals surface area contributed by atoms with Gasteiger partial charge in [0.05, 0.1) is 0 Å². The quantitative estimate of drug-likeness (QED) is 0.101. The molecule has 9 heteroatoms. The van der Waals surface area contributed by atoms with Crippen LogP contribution in [0.15, 0.2) is 109 Å². The minimum Gasteiger partial charge on any atom is -0.489 e. The predicted octanol–water partition coefficient (Wildman–Crippen LogP) is 8.06. The number of hydrogen-bond acceptors (Lipinski definition) is 5. The summed E-state index contributed by atoms with van der Waals surface area (Å²) in [5.41, 5.74) is 9.34. The lowest BCUT2D eigenvalue weighted by molar-refractivity contribution is -0.116. The molecule has 0 bridgehead atoms. The topological polar surface area (TPSA) is 90.7 Å².